The van der Waals surface area contributed by atoms with E-state index >= 15 is 0 Å². The number of nitrogens with zero attached hydrogens (tertiary/aromatic N) is 3. The summed E-state index contributed by atoms with van der Waals surface area (Å²) >= 11 is 0. The van der Waals surface area contributed by atoms with Gasteiger partial charge in [-0.3, -0.25) is 0 Å². The standard InChI is InChI=1S/C18H25N3O2S/c1-20-17-11-5-4-10-16(17)19-18(20)14-7-6-12-21(13-14)24(22,23)15-8-2-3-9-15/h4-5,10-11,14-15H,2-3,6-9,12-13H2,1H3. The zero-order valence-electron chi connectivity index (χ0n) is 14.2. The number of para-hydroxylation sites is 2. The molecule has 4 rings (SSSR count). The smallest absolute Gasteiger partial charge is 0.217 e. The first-order chi connectivity index (χ1) is 11.6. The lowest BCUT2D eigenvalue weighted by Gasteiger charge is -2.33. The Balaban J connectivity index is 1.61. The van der Waals surface area contributed by atoms with Crippen molar-refractivity contribution in [2.24, 2.45) is 7.05 Å². The fourth-order valence-corrected chi connectivity index (χ4v) is 6.43. The highest BCUT2D eigenvalue weighted by Crippen LogP contribution is 2.33. The highest BCUT2D eigenvalue weighted by Gasteiger charge is 2.37. The van der Waals surface area contributed by atoms with Gasteiger partial charge >= 0.3 is 0 Å². The van der Waals surface area contributed by atoms with Crippen molar-refractivity contribution < 1.29 is 8.42 Å². The molecule has 0 spiro atoms. The van der Waals surface area contributed by atoms with Crippen LogP contribution in [0.1, 0.15) is 50.3 Å². The molecule has 0 bridgehead atoms. The Labute approximate surface area is 143 Å². The van der Waals surface area contributed by atoms with Crippen LogP contribution in [-0.2, 0) is 17.1 Å². The van der Waals surface area contributed by atoms with Gasteiger partial charge in [-0.05, 0) is 37.8 Å². The molecule has 1 saturated carbocycles. The lowest BCUT2D eigenvalue weighted by atomic mass is 9.99. The van der Waals surface area contributed by atoms with Crippen molar-refractivity contribution in [1.29, 1.82) is 0 Å². The quantitative estimate of drug-likeness (QED) is 0.857. The average molecular weight is 347 g/mol. The molecule has 1 aliphatic carbocycles. The molecule has 5 nitrogen and oxygen atoms in total. The Kier molecular flexibility index (Phi) is 4.12. The minimum Gasteiger partial charge on any atom is -0.331 e. The van der Waals surface area contributed by atoms with Crippen LogP contribution in [0.3, 0.4) is 0 Å². The van der Waals surface area contributed by atoms with Crippen LogP contribution in [0.2, 0.25) is 0 Å². The molecule has 2 heterocycles. The third-order valence-corrected chi connectivity index (χ3v) is 8.02. The first kappa shape index (κ1) is 16.1. The highest BCUT2D eigenvalue weighted by molar-refractivity contribution is 7.89. The zero-order valence-corrected chi connectivity index (χ0v) is 15.0. The summed E-state index contributed by atoms with van der Waals surface area (Å²) in [4.78, 5) is 4.79. The van der Waals surface area contributed by atoms with Gasteiger partial charge in [-0.1, -0.05) is 25.0 Å². The monoisotopic (exact) mass is 347 g/mol. The van der Waals surface area contributed by atoms with E-state index in [2.05, 4.69) is 10.6 Å². The van der Waals surface area contributed by atoms with Crippen LogP contribution in [-0.4, -0.2) is 40.6 Å². The van der Waals surface area contributed by atoms with Crippen LogP contribution in [0.4, 0.5) is 0 Å². The van der Waals surface area contributed by atoms with Crippen molar-refractivity contribution in [2.75, 3.05) is 13.1 Å². The first-order valence-electron chi connectivity index (χ1n) is 8.97. The zero-order chi connectivity index (χ0) is 16.7. The molecule has 1 aromatic heterocycles. The fraction of sp³-hybridized carbons (Fsp3) is 0.611. The van der Waals surface area contributed by atoms with Crippen LogP contribution in [0, 0.1) is 0 Å². The van der Waals surface area contributed by atoms with E-state index in [4.69, 9.17) is 4.98 Å². The summed E-state index contributed by atoms with van der Waals surface area (Å²) in [5.74, 6) is 1.20. The van der Waals surface area contributed by atoms with Gasteiger partial charge in [0.05, 0.1) is 16.3 Å². The molecule has 0 N–H and O–H groups in total. The van der Waals surface area contributed by atoms with Crippen LogP contribution in [0.25, 0.3) is 11.0 Å². The second-order valence-corrected chi connectivity index (χ2v) is 9.38. The number of piperidine rings is 1. The van der Waals surface area contributed by atoms with Crippen LogP contribution in [0.15, 0.2) is 24.3 Å². The molecule has 0 amide bonds. The minimum atomic E-state index is -3.15. The molecule has 1 saturated heterocycles. The lowest BCUT2D eigenvalue weighted by Crippen LogP contribution is -2.43. The molecule has 2 fully saturated rings. The van der Waals surface area contributed by atoms with Gasteiger partial charge < -0.3 is 4.57 Å². The number of imidazole rings is 1. The number of sulfonamides is 1. The summed E-state index contributed by atoms with van der Waals surface area (Å²) in [5.41, 5.74) is 2.11. The van der Waals surface area contributed by atoms with E-state index in [0.29, 0.717) is 13.1 Å². The van der Waals surface area contributed by atoms with Gasteiger partial charge in [0.2, 0.25) is 10.0 Å². The molecular weight excluding hydrogens is 322 g/mol. The second-order valence-electron chi connectivity index (χ2n) is 7.17. The number of benzene rings is 1. The first-order valence-corrected chi connectivity index (χ1v) is 10.5. The van der Waals surface area contributed by atoms with Crippen molar-refractivity contribution in [3.63, 3.8) is 0 Å². The molecule has 1 aromatic carbocycles. The Morgan fingerprint density at radius 1 is 1.08 bits per heavy atom. The molecule has 1 atom stereocenters. The topological polar surface area (TPSA) is 55.2 Å². The van der Waals surface area contributed by atoms with Crippen molar-refractivity contribution in [2.45, 2.75) is 49.7 Å². The van der Waals surface area contributed by atoms with Crippen LogP contribution in [0.5, 0.6) is 0 Å². The molecule has 130 valence electrons. The van der Waals surface area contributed by atoms with Gasteiger partial charge in [-0.15, -0.1) is 0 Å². The summed E-state index contributed by atoms with van der Waals surface area (Å²) in [5, 5.41) is -0.156. The Morgan fingerprint density at radius 3 is 2.58 bits per heavy atom. The number of aromatic nitrogens is 2. The van der Waals surface area contributed by atoms with E-state index in [9.17, 15) is 8.42 Å². The fourth-order valence-electron chi connectivity index (χ4n) is 4.31. The summed E-state index contributed by atoms with van der Waals surface area (Å²) < 4.78 is 29.7. The van der Waals surface area contributed by atoms with E-state index < -0.39 is 10.0 Å². The van der Waals surface area contributed by atoms with E-state index in [-0.39, 0.29) is 11.2 Å². The summed E-state index contributed by atoms with van der Waals surface area (Å²) in [6.07, 6.45) is 5.68. The van der Waals surface area contributed by atoms with Crippen molar-refractivity contribution in [3.05, 3.63) is 30.1 Å². The highest BCUT2D eigenvalue weighted by atomic mass is 32.2. The Morgan fingerprint density at radius 2 is 1.83 bits per heavy atom. The molecular formula is C18H25N3O2S. The lowest BCUT2D eigenvalue weighted by molar-refractivity contribution is 0.303. The molecule has 2 aromatic rings. The number of hydrogen-bond donors (Lipinski definition) is 0. The van der Waals surface area contributed by atoms with Gasteiger partial charge in [0.1, 0.15) is 5.82 Å². The van der Waals surface area contributed by atoms with Crippen LogP contribution >= 0.6 is 0 Å². The molecule has 1 unspecified atom stereocenters. The number of hydrogen-bond acceptors (Lipinski definition) is 3. The molecule has 2 aliphatic rings. The van der Waals surface area contributed by atoms with Gasteiger partial charge in [0.25, 0.3) is 0 Å². The summed E-state index contributed by atoms with van der Waals surface area (Å²) in [6, 6.07) is 8.11. The van der Waals surface area contributed by atoms with E-state index in [1.54, 1.807) is 4.31 Å². The predicted octanol–water partition coefficient (Wildman–Crippen LogP) is 3.03. The molecule has 6 heteroatoms. The number of aryl methyl sites for hydroxylation is 1. The van der Waals surface area contributed by atoms with Gasteiger partial charge in [0, 0.05) is 26.1 Å². The van der Waals surface area contributed by atoms with Crippen molar-refractivity contribution in [3.8, 4) is 0 Å². The van der Waals surface area contributed by atoms with E-state index in [1.807, 2.05) is 25.2 Å². The van der Waals surface area contributed by atoms with Gasteiger partial charge in [0.15, 0.2) is 0 Å². The SMILES string of the molecule is Cn1c(C2CCCN(S(=O)(=O)C3CCCC3)C2)nc2ccccc21. The second kappa shape index (κ2) is 6.15. The maximum absolute atomic E-state index is 12.9. The molecule has 24 heavy (non-hydrogen) atoms. The third-order valence-electron chi connectivity index (χ3n) is 5.65. The number of fused-ring (bicyclic) bond motifs is 1. The van der Waals surface area contributed by atoms with Crippen molar-refractivity contribution in [1.82, 2.24) is 13.9 Å². The summed E-state index contributed by atoms with van der Waals surface area (Å²) in [7, 11) is -1.11. The van der Waals surface area contributed by atoms with Crippen molar-refractivity contribution >= 4 is 21.1 Å². The van der Waals surface area contributed by atoms with E-state index in [0.717, 1.165) is 55.4 Å². The molecule has 1 aliphatic heterocycles. The molecule has 0 radical (unpaired) electrons. The Hall–Kier alpha value is -1.40. The normalized spacial score (nSPS) is 24.0. The van der Waals surface area contributed by atoms with Gasteiger partial charge in [-0.25, -0.2) is 17.7 Å². The number of rotatable bonds is 3. The predicted molar refractivity (Wildman–Crippen MR) is 95.4 cm³/mol. The Bertz CT molecular complexity index is 837. The average Bonchev–Trinajstić information content (AvgIpc) is 3.24. The summed E-state index contributed by atoms with van der Waals surface area (Å²) in [6.45, 7) is 1.25. The largest absolute Gasteiger partial charge is 0.331 e. The van der Waals surface area contributed by atoms with Crippen LogP contribution < -0.4 is 0 Å². The van der Waals surface area contributed by atoms with E-state index in [1.165, 1.54) is 0 Å². The maximum Gasteiger partial charge on any atom is 0.217 e. The van der Waals surface area contributed by atoms with Gasteiger partial charge in [-0.2, -0.15) is 0 Å². The minimum absolute atomic E-state index is 0.156. The third kappa shape index (κ3) is 2.65. The maximum atomic E-state index is 12.9.